The van der Waals surface area contributed by atoms with Crippen molar-refractivity contribution >= 4 is 11.6 Å². The molecule has 1 saturated heterocycles. The molecule has 0 spiro atoms. The average molecular weight is 473 g/mol. The molecule has 1 aromatic carbocycles. The second-order valence-corrected chi connectivity index (χ2v) is 8.84. The van der Waals surface area contributed by atoms with E-state index in [2.05, 4.69) is 10.5 Å². The van der Waals surface area contributed by atoms with Crippen LogP contribution in [-0.2, 0) is 11.2 Å². The van der Waals surface area contributed by atoms with Crippen molar-refractivity contribution in [2.45, 2.75) is 32.8 Å². The Morgan fingerprint density at radius 3 is 2.79 bits per heavy atom. The van der Waals surface area contributed by atoms with Crippen molar-refractivity contribution in [3.05, 3.63) is 46.4 Å². The topological polar surface area (TPSA) is 103 Å². The second kappa shape index (κ2) is 10.6. The Labute approximate surface area is 198 Å². The quantitative estimate of drug-likeness (QED) is 0.487. The molecule has 8 nitrogen and oxygen atoms in total. The number of aryl methyl sites for hydroxylation is 2. The summed E-state index contributed by atoms with van der Waals surface area (Å²) in [5.41, 5.74) is 4.07. The van der Waals surface area contributed by atoms with Gasteiger partial charge in [0.1, 0.15) is 24.2 Å². The van der Waals surface area contributed by atoms with Crippen molar-refractivity contribution < 1.29 is 19.1 Å². The lowest BCUT2D eigenvalue weighted by Crippen LogP contribution is -2.29. The highest BCUT2D eigenvalue weighted by molar-refractivity contribution is 6.31. The fraction of sp³-hybridized carbons (Fsp3) is 0.458. The molecule has 3 aromatic rings. The van der Waals surface area contributed by atoms with Gasteiger partial charge in [-0.05, 0) is 63.9 Å². The van der Waals surface area contributed by atoms with Gasteiger partial charge < -0.3 is 24.4 Å². The van der Waals surface area contributed by atoms with E-state index in [1.54, 1.807) is 13.1 Å². The van der Waals surface area contributed by atoms with E-state index in [1.807, 2.05) is 32.0 Å². The third kappa shape index (κ3) is 5.89. The summed E-state index contributed by atoms with van der Waals surface area (Å²) in [6.45, 7) is 5.89. The first-order valence-electron chi connectivity index (χ1n) is 11.1. The van der Waals surface area contributed by atoms with Crippen LogP contribution >= 0.6 is 11.6 Å². The number of likely N-dealkylation sites (N-methyl/N-ethyl adjacent to an activating group) is 1. The highest BCUT2D eigenvalue weighted by Crippen LogP contribution is 2.32. The summed E-state index contributed by atoms with van der Waals surface area (Å²) in [7, 11) is 1.78. The molecular formula is C24H29ClN4O4. The summed E-state index contributed by atoms with van der Waals surface area (Å²) < 4.78 is 16.7. The van der Waals surface area contributed by atoms with E-state index in [0.29, 0.717) is 34.8 Å². The molecule has 0 amide bonds. The van der Waals surface area contributed by atoms with E-state index >= 15 is 0 Å². The number of nitrogens with zero attached hydrogens (tertiary/aromatic N) is 3. The maximum Gasteiger partial charge on any atom is 0.160 e. The molecule has 1 aliphatic heterocycles. The van der Waals surface area contributed by atoms with E-state index in [-0.39, 0.29) is 6.61 Å². The number of aliphatic hydroxyl groups is 1. The van der Waals surface area contributed by atoms with Crippen LogP contribution in [0.1, 0.15) is 23.6 Å². The monoisotopic (exact) mass is 472 g/mol. The van der Waals surface area contributed by atoms with Gasteiger partial charge in [-0.15, -0.1) is 0 Å². The summed E-state index contributed by atoms with van der Waals surface area (Å²) in [5, 5.41) is 17.5. The highest BCUT2D eigenvalue weighted by atomic mass is 35.5. The van der Waals surface area contributed by atoms with Gasteiger partial charge in [-0.3, -0.25) is 0 Å². The van der Waals surface area contributed by atoms with E-state index < -0.39 is 6.10 Å². The van der Waals surface area contributed by atoms with Gasteiger partial charge in [0.25, 0.3) is 0 Å². The summed E-state index contributed by atoms with van der Waals surface area (Å²) in [6, 6.07) is 7.37. The van der Waals surface area contributed by atoms with E-state index in [1.165, 1.54) is 0 Å². The standard InChI is InChI=1S/C24H29ClN4O4/c1-14-23(15(2)33-29-14)22-10-19(6-16-4-5-31-12-16)27-24(28-22)17-7-18(25)9-21(8-17)32-13-20(30)11-26-3/h7-10,16,20,26,30H,4-6,11-13H2,1-3H3/t16-,20?/m1/s1. The van der Waals surface area contributed by atoms with Crippen molar-refractivity contribution in [1.82, 2.24) is 20.4 Å². The van der Waals surface area contributed by atoms with E-state index in [9.17, 15) is 5.11 Å². The predicted octanol–water partition coefficient (Wildman–Crippen LogP) is 3.61. The van der Waals surface area contributed by atoms with Gasteiger partial charge in [-0.2, -0.15) is 0 Å². The fourth-order valence-electron chi connectivity index (χ4n) is 4.01. The van der Waals surface area contributed by atoms with Crippen LogP contribution in [0.4, 0.5) is 0 Å². The largest absolute Gasteiger partial charge is 0.491 e. The zero-order chi connectivity index (χ0) is 23.4. The molecule has 1 fully saturated rings. The molecule has 33 heavy (non-hydrogen) atoms. The van der Waals surface area contributed by atoms with E-state index in [4.69, 9.17) is 35.6 Å². The minimum absolute atomic E-state index is 0.146. The summed E-state index contributed by atoms with van der Waals surface area (Å²) >= 11 is 6.39. The van der Waals surface area contributed by atoms with Crippen molar-refractivity contribution in [2.24, 2.45) is 5.92 Å². The van der Waals surface area contributed by atoms with Crippen LogP contribution in [-0.4, -0.2) is 59.7 Å². The Balaban J connectivity index is 1.70. The molecule has 0 aliphatic carbocycles. The SMILES string of the molecule is CNCC(O)COc1cc(Cl)cc(-c2nc(C[C@H]3CCOC3)cc(-c3c(C)noc3C)n2)c1. The zero-order valence-electron chi connectivity index (χ0n) is 19.1. The Morgan fingerprint density at radius 1 is 1.24 bits per heavy atom. The van der Waals surface area contributed by atoms with Gasteiger partial charge in [-0.25, -0.2) is 9.97 Å². The van der Waals surface area contributed by atoms with Crippen molar-refractivity contribution in [3.8, 4) is 28.4 Å². The second-order valence-electron chi connectivity index (χ2n) is 8.40. The van der Waals surface area contributed by atoms with Crippen LogP contribution in [0, 0.1) is 19.8 Å². The Hall–Kier alpha value is -2.52. The maximum atomic E-state index is 9.96. The predicted molar refractivity (Wildman–Crippen MR) is 126 cm³/mol. The molecule has 2 atom stereocenters. The molecule has 4 rings (SSSR count). The molecule has 0 saturated carbocycles. The molecule has 0 radical (unpaired) electrons. The van der Waals surface area contributed by atoms with Gasteiger partial charge >= 0.3 is 0 Å². The number of aliphatic hydroxyl groups excluding tert-OH is 1. The lowest BCUT2D eigenvalue weighted by atomic mass is 10.0. The number of benzene rings is 1. The summed E-state index contributed by atoms with van der Waals surface area (Å²) in [5.74, 6) is 2.23. The summed E-state index contributed by atoms with van der Waals surface area (Å²) in [6.07, 6.45) is 1.19. The minimum Gasteiger partial charge on any atom is -0.491 e. The first kappa shape index (κ1) is 23.6. The minimum atomic E-state index is -0.628. The van der Waals surface area contributed by atoms with Gasteiger partial charge in [0.2, 0.25) is 0 Å². The number of rotatable bonds is 9. The van der Waals surface area contributed by atoms with Crippen LogP contribution in [0.3, 0.4) is 0 Å². The Kier molecular flexibility index (Phi) is 7.60. The number of hydrogen-bond acceptors (Lipinski definition) is 8. The third-order valence-electron chi connectivity index (χ3n) is 5.60. The molecular weight excluding hydrogens is 444 g/mol. The highest BCUT2D eigenvalue weighted by Gasteiger charge is 2.21. The Bertz CT molecular complexity index is 1080. The number of nitrogens with one attached hydrogen (secondary N) is 1. The third-order valence-corrected chi connectivity index (χ3v) is 5.82. The first-order chi connectivity index (χ1) is 15.9. The molecule has 2 aromatic heterocycles. The lowest BCUT2D eigenvalue weighted by Gasteiger charge is -2.14. The van der Waals surface area contributed by atoms with Gasteiger partial charge in [-0.1, -0.05) is 16.8 Å². The van der Waals surface area contributed by atoms with Gasteiger partial charge in [0, 0.05) is 36.0 Å². The molecule has 0 bridgehead atoms. The fourth-order valence-corrected chi connectivity index (χ4v) is 4.24. The molecule has 1 aliphatic rings. The van der Waals surface area contributed by atoms with Crippen molar-refractivity contribution in [2.75, 3.05) is 33.4 Å². The average Bonchev–Trinajstić information content (AvgIpc) is 3.41. The first-order valence-corrected chi connectivity index (χ1v) is 11.5. The Morgan fingerprint density at radius 2 is 2.09 bits per heavy atom. The smallest absolute Gasteiger partial charge is 0.160 e. The van der Waals surface area contributed by atoms with Crippen LogP contribution in [0.25, 0.3) is 22.6 Å². The number of halogens is 1. The zero-order valence-corrected chi connectivity index (χ0v) is 19.9. The number of hydrogen-bond donors (Lipinski definition) is 2. The van der Waals surface area contributed by atoms with Crippen LogP contribution in [0.2, 0.25) is 5.02 Å². The normalized spacial score (nSPS) is 16.8. The molecule has 176 valence electrons. The number of ether oxygens (including phenoxy) is 2. The van der Waals surface area contributed by atoms with Crippen molar-refractivity contribution in [1.29, 1.82) is 0 Å². The number of aromatic nitrogens is 3. The van der Waals surface area contributed by atoms with Gasteiger partial charge in [0.15, 0.2) is 5.82 Å². The van der Waals surface area contributed by atoms with Crippen LogP contribution in [0.5, 0.6) is 5.75 Å². The summed E-state index contributed by atoms with van der Waals surface area (Å²) in [4.78, 5) is 9.69. The van der Waals surface area contributed by atoms with E-state index in [0.717, 1.165) is 54.3 Å². The van der Waals surface area contributed by atoms with Crippen LogP contribution in [0.15, 0.2) is 28.8 Å². The van der Waals surface area contributed by atoms with Crippen molar-refractivity contribution in [3.63, 3.8) is 0 Å². The maximum absolute atomic E-state index is 9.96. The molecule has 1 unspecified atom stereocenters. The molecule has 3 heterocycles. The lowest BCUT2D eigenvalue weighted by molar-refractivity contribution is 0.108. The van der Waals surface area contributed by atoms with Crippen LogP contribution < -0.4 is 10.1 Å². The molecule has 9 heteroatoms. The van der Waals surface area contributed by atoms with Gasteiger partial charge in [0.05, 0.1) is 17.0 Å². The molecule has 2 N–H and O–H groups in total.